The number of nitriles is 1. The predicted octanol–water partition coefficient (Wildman–Crippen LogP) is 2.78. The van der Waals surface area contributed by atoms with Gasteiger partial charge in [0.25, 0.3) is 0 Å². The van der Waals surface area contributed by atoms with E-state index in [4.69, 9.17) is 5.26 Å². The average molecular weight is 353 g/mol. The van der Waals surface area contributed by atoms with Crippen molar-refractivity contribution in [2.24, 2.45) is 0 Å². The second-order valence-electron chi connectivity index (χ2n) is 6.24. The van der Waals surface area contributed by atoms with Crippen LogP contribution in [-0.2, 0) is 13.1 Å². The number of hydrogen-bond acceptors (Lipinski definition) is 6. The van der Waals surface area contributed by atoms with Crippen molar-refractivity contribution in [3.8, 4) is 6.07 Å². The van der Waals surface area contributed by atoms with Gasteiger partial charge in [-0.25, -0.2) is 4.98 Å². The second-order valence-corrected chi connectivity index (χ2v) is 7.03. The number of aromatic nitrogens is 2. The molecule has 1 aliphatic heterocycles. The molecule has 1 aliphatic rings. The van der Waals surface area contributed by atoms with E-state index < -0.39 is 0 Å². The van der Waals surface area contributed by atoms with Gasteiger partial charge >= 0.3 is 0 Å². The van der Waals surface area contributed by atoms with Crippen LogP contribution in [0.5, 0.6) is 0 Å². The molecule has 0 bridgehead atoms. The Labute approximate surface area is 153 Å². The van der Waals surface area contributed by atoms with Crippen molar-refractivity contribution in [3.63, 3.8) is 0 Å². The number of nitrogens with zero attached hydrogens (tertiary/aromatic N) is 5. The highest BCUT2D eigenvalue weighted by Gasteiger charge is 2.16. The molecular weight excluding hydrogens is 330 g/mol. The highest BCUT2D eigenvalue weighted by atomic mass is 32.2. The normalized spacial score (nSPS) is 16.3. The maximum atomic E-state index is 9.13. The third kappa shape index (κ3) is 5.02. The van der Waals surface area contributed by atoms with Gasteiger partial charge in [0.05, 0.1) is 11.3 Å². The molecule has 0 aliphatic carbocycles. The lowest BCUT2D eigenvalue weighted by molar-refractivity contribution is 0.245. The van der Waals surface area contributed by atoms with Crippen LogP contribution in [0, 0.1) is 11.3 Å². The fourth-order valence-corrected chi connectivity index (χ4v) is 3.67. The minimum atomic E-state index is 0.662. The zero-order valence-corrected chi connectivity index (χ0v) is 15.4. The van der Waals surface area contributed by atoms with Gasteiger partial charge in [-0.05, 0) is 49.5 Å². The van der Waals surface area contributed by atoms with Crippen LogP contribution < -0.4 is 0 Å². The zero-order chi connectivity index (χ0) is 17.5. The van der Waals surface area contributed by atoms with Crippen LogP contribution in [0.2, 0.25) is 0 Å². The fourth-order valence-electron chi connectivity index (χ4n) is 3.13. The first-order valence-corrected chi connectivity index (χ1v) is 9.78. The van der Waals surface area contributed by atoms with E-state index in [1.165, 1.54) is 17.3 Å². The van der Waals surface area contributed by atoms with Crippen LogP contribution in [-0.4, -0.2) is 52.2 Å². The fraction of sp³-hybridized carbons (Fsp3) is 0.421. The van der Waals surface area contributed by atoms with E-state index in [1.807, 2.05) is 36.8 Å². The minimum Gasteiger partial charge on any atom is -0.298 e. The van der Waals surface area contributed by atoms with Crippen molar-refractivity contribution in [2.75, 3.05) is 32.4 Å². The van der Waals surface area contributed by atoms with Crippen LogP contribution in [0.4, 0.5) is 0 Å². The zero-order valence-electron chi connectivity index (χ0n) is 14.6. The molecule has 0 saturated carbocycles. The van der Waals surface area contributed by atoms with Crippen LogP contribution in [0.15, 0.2) is 41.7 Å². The smallest absolute Gasteiger partial charge is 0.114 e. The summed E-state index contributed by atoms with van der Waals surface area (Å²) in [6.45, 7) is 6.10. The first kappa shape index (κ1) is 17.9. The van der Waals surface area contributed by atoms with E-state index >= 15 is 0 Å². The van der Waals surface area contributed by atoms with E-state index in [0.29, 0.717) is 5.56 Å². The summed E-state index contributed by atoms with van der Waals surface area (Å²) >= 11 is 1.54. The molecule has 2 aromatic heterocycles. The maximum absolute atomic E-state index is 9.13. The molecule has 0 amide bonds. The quantitative estimate of drug-likeness (QED) is 0.771. The molecule has 25 heavy (non-hydrogen) atoms. The molecule has 0 aromatic carbocycles. The van der Waals surface area contributed by atoms with E-state index in [2.05, 4.69) is 31.9 Å². The Hall–Kier alpha value is -1.94. The van der Waals surface area contributed by atoms with Gasteiger partial charge in [0.15, 0.2) is 0 Å². The molecule has 5 nitrogen and oxygen atoms in total. The molecule has 3 heterocycles. The molecule has 0 spiro atoms. The number of thioether (sulfide) groups is 1. The minimum absolute atomic E-state index is 0.662. The van der Waals surface area contributed by atoms with Gasteiger partial charge in [0.1, 0.15) is 11.1 Å². The summed E-state index contributed by atoms with van der Waals surface area (Å²) in [6, 6.07) is 10.2. The summed E-state index contributed by atoms with van der Waals surface area (Å²) < 4.78 is 0. The Morgan fingerprint density at radius 3 is 2.60 bits per heavy atom. The van der Waals surface area contributed by atoms with Crippen molar-refractivity contribution >= 4 is 11.8 Å². The lowest BCUT2D eigenvalue weighted by Gasteiger charge is -2.21. The molecule has 2 aromatic rings. The van der Waals surface area contributed by atoms with E-state index in [1.54, 1.807) is 0 Å². The molecule has 1 saturated heterocycles. The Morgan fingerprint density at radius 1 is 1.12 bits per heavy atom. The molecule has 0 N–H and O–H groups in total. The van der Waals surface area contributed by atoms with Crippen molar-refractivity contribution in [1.82, 2.24) is 19.8 Å². The summed E-state index contributed by atoms with van der Waals surface area (Å²) in [5.74, 6) is 0. The lowest BCUT2D eigenvalue weighted by atomic mass is 10.2. The average Bonchev–Trinajstić information content (AvgIpc) is 2.87. The molecule has 0 radical (unpaired) electrons. The summed E-state index contributed by atoms with van der Waals surface area (Å²) in [4.78, 5) is 13.8. The molecule has 130 valence electrons. The van der Waals surface area contributed by atoms with Crippen LogP contribution in [0.25, 0.3) is 0 Å². The standard InChI is InChI=1S/C19H23N5S/c1-25-19-17(12-20)5-6-18(22-19)15-24-9-3-8-23(10-11-24)14-16-4-2-7-21-13-16/h2,4-7,13H,3,8-11,14-15H2,1H3. The van der Waals surface area contributed by atoms with Gasteiger partial charge < -0.3 is 0 Å². The van der Waals surface area contributed by atoms with Crippen molar-refractivity contribution in [1.29, 1.82) is 5.26 Å². The van der Waals surface area contributed by atoms with E-state index in [0.717, 1.165) is 56.4 Å². The van der Waals surface area contributed by atoms with Crippen molar-refractivity contribution < 1.29 is 0 Å². The SMILES string of the molecule is CSc1nc(CN2CCCN(Cc3cccnc3)CC2)ccc1C#N. The molecule has 6 heteroatoms. The van der Waals surface area contributed by atoms with Crippen molar-refractivity contribution in [3.05, 3.63) is 53.5 Å². The first-order chi connectivity index (χ1) is 12.3. The number of pyridine rings is 2. The van der Waals surface area contributed by atoms with Gasteiger partial charge in [-0.2, -0.15) is 5.26 Å². The Kier molecular flexibility index (Phi) is 6.40. The second kappa shape index (κ2) is 8.95. The summed E-state index contributed by atoms with van der Waals surface area (Å²) in [5, 5.41) is 9.95. The van der Waals surface area contributed by atoms with Gasteiger partial charge in [-0.3, -0.25) is 14.8 Å². The van der Waals surface area contributed by atoms with E-state index in [9.17, 15) is 0 Å². The summed E-state index contributed by atoms with van der Waals surface area (Å²) in [6.07, 6.45) is 6.90. The van der Waals surface area contributed by atoms with Gasteiger partial charge in [0.2, 0.25) is 0 Å². The predicted molar refractivity (Wildman–Crippen MR) is 100 cm³/mol. The number of rotatable bonds is 5. The monoisotopic (exact) mass is 353 g/mol. The molecule has 0 atom stereocenters. The molecule has 0 unspecified atom stereocenters. The summed E-state index contributed by atoms with van der Waals surface area (Å²) in [5.41, 5.74) is 2.98. The molecule has 1 fully saturated rings. The van der Waals surface area contributed by atoms with Crippen molar-refractivity contribution in [2.45, 2.75) is 24.5 Å². The third-order valence-electron chi connectivity index (χ3n) is 4.43. The van der Waals surface area contributed by atoms with Gasteiger partial charge in [0, 0.05) is 38.6 Å². The van der Waals surface area contributed by atoms with Gasteiger partial charge in [-0.1, -0.05) is 6.07 Å². The highest BCUT2D eigenvalue weighted by molar-refractivity contribution is 7.98. The van der Waals surface area contributed by atoms with Crippen LogP contribution in [0.1, 0.15) is 23.2 Å². The van der Waals surface area contributed by atoms with Crippen LogP contribution in [0.3, 0.4) is 0 Å². The molecular formula is C19H23N5S. The maximum Gasteiger partial charge on any atom is 0.114 e. The Balaban J connectivity index is 1.57. The largest absolute Gasteiger partial charge is 0.298 e. The Morgan fingerprint density at radius 2 is 1.92 bits per heavy atom. The molecule has 3 rings (SSSR count). The van der Waals surface area contributed by atoms with E-state index in [-0.39, 0.29) is 0 Å². The van der Waals surface area contributed by atoms with Gasteiger partial charge in [-0.15, -0.1) is 11.8 Å². The number of hydrogen-bond donors (Lipinski definition) is 0. The topological polar surface area (TPSA) is 56.1 Å². The van der Waals surface area contributed by atoms with Crippen LogP contribution >= 0.6 is 11.8 Å². The highest BCUT2D eigenvalue weighted by Crippen LogP contribution is 2.18. The lowest BCUT2D eigenvalue weighted by Crippen LogP contribution is -2.30. The first-order valence-electron chi connectivity index (χ1n) is 8.56. The summed E-state index contributed by atoms with van der Waals surface area (Å²) in [7, 11) is 0. The Bertz CT molecular complexity index is 728. The third-order valence-corrected chi connectivity index (χ3v) is 5.13.